The number of ether oxygens (including phenoxy) is 1. The Labute approximate surface area is 218 Å². The molecule has 3 atom stereocenters. The number of rotatable bonds is 7. The SMILES string of the molecule is CC(C)=CCCC1=CC[C@@H]([C@@H]2Nc3ccccc3-c3nnc(SCc4ccccc4)nc3O2)[C@@H](C)C1. The van der Waals surface area contributed by atoms with Crippen molar-refractivity contribution in [2.75, 3.05) is 5.32 Å². The van der Waals surface area contributed by atoms with Crippen LogP contribution in [0.5, 0.6) is 5.88 Å². The summed E-state index contributed by atoms with van der Waals surface area (Å²) < 4.78 is 6.61. The van der Waals surface area contributed by atoms with E-state index in [0.29, 0.717) is 28.6 Å². The van der Waals surface area contributed by atoms with Gasteiger partial charge in [0.15, 0.2) is 11.9 Å². The molecule has 6 heteroatoms. The van der Waals surface area contributed by atoms with Gasteiger partial charge in [-0.2, -0.15) is 4.98 Å². The van der Waals surface area contributed by atoms with Crippen molar-refractivity contribution in [2.24, 2.45) is 11.8 Å². The van der Waals surface area contributed by atoms with Crippen molar-refractivity contribution in [1.29, 1.82) is 0 Å². The van der Waals surface area contributed by atoms with Crippen molar-refractivity contribution >= 4 is 17.4 Å². The third kappa shape index (κ3) is 5.81. The first-order chi connectivity index (χ1) is 17.6. The molecule has 0 radical (unpaired) electrons. The first kappa shape index (κ1) is 24.6. The lowest BCUT2D eigenvalue weighted by molar-refractivity contribution is 0.114. The number of hydrogen-bond acceptors (Lipinski definition) is 6. The molecule has 2 aliphatic rings. The predicted octanol–water partition coefficient (Wildman–Crippen LogP) is 7.68. The first-order valence-corrected chi connectivity index (χ1v) is 13.8. The van der Waals surface area contributed by atoms with Crippen LogP contribution in [-0.2, 0) is 5.75 Å². The van der Waals surface area contributed by atoms with Crippen LogP contribution < -0.4 is 10.1 Å². The highest BCUT2D eigenvalue weighted by atomic mass is 32.2. The molecule has 1 aliphatic heterocycles. The molecule has 1 N–H and O–H groups in total. The highest BCUT2D eigenvalue weighted by Gasteiger charge is 2.34. The summed E-state index contributed by atoms with van der Waals surface area (Å²) in [6.45, 7) is 6.69. The van der Waals surface area contributed by atoms with Gasteiger partial charge in [-0.15, -0.1) is 10.2 Å². The lowest BCUT2D eigenvalue weighted by Crippen LogP contribution is -2.39. The second kappa shape index (κ2) is 11.3. The van der Waals surface area contributed by atoms with E-state index < -0.39 is 0 Å². The van der Waals surface area contributed by atoms with E-state index in [2.05, 4.69) is 84.8 Å². The molecule has 0 unspecified atom stereocenters. The molecule has 5 rings (SSSR count). The van der Waals surface area contributed by atoms with E-state index in [-0.39, 0.29) is 6.23 Å². The highest BCUT2D eigenvalue weighted by Crippen LogP contribution is 2.41. The molecule has 186 valence electrons. The summed E-state index contributed by atoms with van der Waals surface area (Å²) in [6, 6.07) is 18.6. The summed E-state index contributed by atoms with van der Waals surface area (Å²) in [4.78, 5) is 4.83. The number of hydrogen-bond donors (Lipinski definition) is 1. The van der Waals surface area contributed by atoms with E-state index in [4.69, 9.17) is 9.72 Å². The maximum Gasteiger partial charge on any atom is 0.247 e. The Morgan fingerprint density at radius 1 is 1.08 bits per heavy atom. The topological polar surface area (TPSA) is 59.9 Å². The van der Waals surface area contributed by atoms with Crippen LogP contribution in [0, 0.1) is 11.8 Å². The first-order valence-electron chi connectivity index (χ1n) is 12.8. The Balaban J connectivity index is 1.37. The summed E-state index contributed by atoms with van der Waals surface area (Å²) >= 11 is 1.58. The minimum absolute atomic E-state index is 0.179. The molecule has 2 heterocycles. The van der Waals surface area contributed by atoms with Crippen molar-refractivity contribution in [1.82, 2.24) is 15.2 Å². The normalized spacial score (nSPS) is 20.6. The van der Waals surface area contributed by atoms with Crippen molar-refractivity contribution in [3.8, 4) is 17.1 Å². The quantitative estimate of drug-likeness (QED) is 0.266. The molecular formula is C30H34N4OS. The third-order valence-corrected chi connectivity index (χ3v) is 7.87. The fraction of sp³-hybridized carbons (Fsp3) is 0.367. The second-order valence-electron chi connectivity index (χ2n) is 10.0. The molecule has 1 aliphatic carbocycles. The Morgan fingerprint density at radius 2 is 1.89 bits per heavy atom. The zero-order valence-electron chi connectivity index (χ0n) is 21.3. The molecule has 1 aromatic heterocycles. The van der Waals surface area contributed by atoms with E-state index in [1.165, 1.54) is 11.1 Å². The number of aromatic nitrogens is 3. The predicted molar refractivity (Wildman–Crippen MR) is 148 cm³/mol. The number of allylic oxidation sites excluding steroid dienone is 4. The summed E-state index contributed by atoms with van der Waals surface area (Å²) in [5, 5.41) is 13.3. The summed E-state index contributed by atoms with van der Waals surface area (Å²) in [6.07, 6.45) is 8.96. The molecule has 0 spiro atoms. The standard InChI is InChI=1S/C30H34N4OS/c1-20(2)10-9-13-22-16-17-24(21(3)18-22)28-31-26-15-8-7-14-25(26)27-29(35-28)32-30(34-33-27)36-19-23-11-5-4-6-12-23/h4-8,10-12,14-16,21,24,28,31H,9,13,17-19H2,1-3H3/t21-,24+,28+/m0/s1. The van der Waals surface area contributed by atoms with Crippen molar-refractivity contribution in [2.45, 2.75) is 63.6 Å². The van der Waals surface area contributed by atoms with Gasteiger partial charge in [-0.1, -0.05) is 90.5 Å². The van der Waals surface area contributed by atoms with E-state index >= 15 is 0 Å². The minimum Gasteiger partial charge on any atom is -0.452 e. The number of fused-ring (bicyclic) bond motifs is 3. The van der Waals surface area contributed by atoms with Crippen LogP contribution in [0.1, 0.15) is 52.0 Å². The van der Waals surface area contributed by atoms with Crippen LogP contribution in [-0.4, -0.2) is 21.4 Å². The molecular weight excluding hydrogens is 464 g/mol. The van der Waals surface area contributed by atoms with Crippen molar-refractivity contribution in [3.63, 3.8) is 0 Å². The highest BCUT2D eigenvalue weighted by molar-refractivity contribution is 7.98. The largest absolute Gasteiger partial charge is 0.452 e. The van der Waals surface area contributed by atoms with Gasteiger partial charge in [0.2, 0.25) is 11.0 Å². The average molecular weight is 499 g/mol. The lowest BCUT2D eigenvalue weighted by Gasteiger charge is -2.35. The van der Waals surface area contributed by atoms with Crippen molar-refractivity contribution in [3.05, 3.63) is 83.5 Å². The maximum atomic E-state index is 6.61. The van der Waals surface area contributed by atoms with Crippen LogP contribution >= 0.6 is 11.8 Å². The van der Waals surface area contributed by atoms with E-state index in [1.807, 2.05) is 18.2 Å². The molecule has 2 aromatic carbocycles. The Morgan fingerprint density at radius 3 is 2.69 bits per heavy atom. The van der Waals surface area contributed by atoms with Crippen molar-refractivity contribution < 1.29 is 4.74 Å². The summed E-state index contributed by atoms with van der Waals surface area (Å²) in [5.41, 5.74) is 6.89. The summed E-state index contributed by atoms with van der Waals surface area (Å²) in [5.74, 6) is 2.20. The molecule has 0 bridgehead atoms. The van der Waals surface area contributed by atoms with Gasteiger partial charge in [0.1, 0.15) is 0 Å². The van der Waals surface area contributed by atoms with Gasteiger partial charge in [-0.05, 0) is 57.1 Å². The van der Waals surface area contributed by atoms with Gasteiger partial charge < -0.3 is 10.1 Å². The zero-order chi connectivity index (χ0) is 24.9. The number of nitrogens with one attached hydrogen (secondary N) is 1. The maximum absolute atomic E-state index is 6.61. The smallest absolute Gasteiger partial charge is 0.247 e. The van der Waals surface area contributed by atoms with Gasteiger partial charge in [0.25, 0.3) is 0 Å². The Hall–Kier alpha value is -3.12. The Bertz CT molecular complexity index is 1250. The Kier molecular flexibility index (Phi) is 7.71. The van der Waals surface area contributed by atoms with E-state index in [9.17, 15) is 0 Å². The second-order valence-corrected chi connectivity index (χ2v) is 11.0. The van der Waals surface area contributed by atoms with Crippen LogP contribution in [0.25, 0.3) is 11.3 Å². The van der Waals surface area contributed by atoms with E-state index in [1.54, 1.807) is 17.3 Å². The van der Waals surface area contributed by atoms with Crippen LogP contribution in [0.4, 0.5) is 5.69 Å². The number of benzene rings is 2. The average Bonchev–Trinajstić information content (AvgIpc) is 3.04. The fourth-order valence-electron chi connectivity index (χ4n) is 5.00. The monoisotopic (exact) mass is 498 g/mol. The summed E-state index contributed by atoms with van der Waals surface area (Å²) in [7, 11) is 0. The van der Waals surface area contributed by atoms with Gasteiger partial charge in [-0.25, -0.2) is 0 Å². The third-order valence-electron chi connectivity index (χ3n) is 6.97. The molecule has 0 saturated heterocycles. The van der Waals surface area contributed by atoms with Gasteiger partial charge in [0, 0.05) is 22.9 Å². The fourth-order valence-corrected chi connectivity index (χ4v) is 5.74. The molecule has 0 fully saturated rings. The van der Waals surface area contributed by atoms with E-state index in [0.717, 1.165) is 42.7 Å². The molecule has 5 nitrogen and oxygen atoms in total. The number of anilines is 1. The molecule has 0 saturated carbocycles. The van der Waals surface area contributed by atoms with Crippen LogP contribution in [0.2, 0.25) is 0 Å². The number of nitrogens with zero attached hydrogens (tertiary/aromatic N) is 3. The molecule has 0 amide bonds. The minimum atomic E-state index is -0.179. The van der Waals surface area contributed by atoms with Gasteiger partial charge in [-0.3, -0.25) is 0 Å². The number of thioether (sulfide) groups is 1. The lowest BCUT2D eigenvalue weighted by atomic mass is 9.78. The molecule has 3 aromatic rings. The zero-order valence-corrected chi connectivity index (χ0v) is 22.1. The van der Waals surface area contributed by atoms with Gasteiger partial charge >= 0.3 is 0 Å². The van der Waals surface area contributed by atoms with Crippen LogP contribution in [0.3, 0.4) is 0 Å². The number of para-hydroxylation sites is 1. The molecule has 36 heavy (non-hydrogen) atoms. The van der Waals surface area contributed by atoms with Gasteiger partial charge in [0.05, 0.1) is 0 Å². The van der Waals surface area contributed by atoms with Crippen LogP contribution in [0.15, 0.2) is 83.1 Å².